The molecule has 0 saturated carbocycles. The Kier molecular flexibility index (Phi) is 7.85. The SMILES string of the molecule is CCCCCSP(=O)(S)OCC. The lowest BCUT2D eigenvalue weighted by Gasteiger charge is -2.09. The van der Waals surface area contributed by atoms with E-state index in [1.807, 2.05) is 6.92 Å². The van der Waals surface area contributed by atoms with Crippen LogP contribution in [0, 0.1) is 0 Å². The van der Waals surface area contributed by atoms with Gasteiger partial charge in [-0.15, -0.1) is 0 Å². The molecule has 0 aromatic carbocycles. The zero-order valence-electron chi connectivity index (χ0n) is 7.65. The summed E-state index contributed by atoms with van der Waals surface area (Å²) in [4.78, 5) is 0. The van der Waals surface area contributed by atoms with Crippen LogP contribution in [0.4, 0.5) is 0 Å². The summed E-state index contributed by atoms with van der Waals surface area (Å²) in [6.45, 7) is 4.45. The van der Waals surface area contributed by atoms with Crippen molar-refractivity contribution in [3.05, 3.63) is 0 Å². The van der Waals surface area contributed by atoms with E-state index >= 15 is 0 Å². The Morgan fingerprint density at radius 1 is 1.42 bits per heavy atom. The quantitative estimate of drug-likeness (QED) is 0.405. The maximum Gasteiger partial charge on any atom is 0.310 e. The fourth-order valence-corrected chi connectivity index (χ4v) is 4.40. The number of rotatable bonds is 7. The van der Waals surface area contributed by atoms with E-state index in [1.54, 1.807) is 0 Å². The maximum absolute atomic E-state index is 11.4. The van der Waals surface area contributed by atoms with Gasteiger partial charge in [0, 0.05) is 5.75 Å². The first-order valence-corrected chi connectivity index (χ1v) is 8.61. The van der Waals surface area contributed by atoms with Crippen LogP contribution in [0.5, 0.6) is 0 Å². The molecule has 2 nitrogen and oxygen atoms in total. The van der Waals surface area contributed by atoms with E-state index in [2.05, 4.69) is 19.2 Å². The average Bonchev–Trinajstić information content (AvgIpc) is 1.98. The summed E-state index contributed by atoms with van der Waals surface area (Å²) >= 11 is 5.31. The molecule has 5 heteroatoms. The van der Waals surface area contributed by atoms with E-state index in [9.17, 15) is 4.57 Å². The largest absolute Gasteiger partial charge is 0.314 e. The van der Waals surface area contributed by atoms with Crippen LogP contribution in [0.1, 0.15) is 33.1 Å². The standard InChI is InChI=1S/C7H17O2PS2/c1-3-5-6-7-12-10(8,11)9-4-2/h3-7H2,1-2H3,(H,8,11). The lowest BCUT2D eigenvalue weighted by Crippen LogP contribution is -1.83. The van der Waals surface area contributed by atoms with Gasteiger partial charge in [-0.25, -0.2) is 0 Å². The van der Waals surface area contributed by atoms with E-state index in [4.69, 9.17) is 4.52 Å². The lowest BCUT2D eigenvalue weighted by molar-refractivity contribution is 0.358. The predicted molar refractivity (Wildman–Crippen MR) is 60.2 cm³/mol. The Labute approximate surface area is 84.2 Å². The van der Waals surface area contributed by atoms with Gasteiger partial charge in [-0.05, 0) is 13.3 Å². The molecule has 0 aromatic heterocycles. The zero-order valence-corrected chi connectivity index (χ0v) is 10.3. The molecule has 0 spiro atoms. The van der Waals surface area contributed by atoms with Crippen molar-refractivity contribution in [2.75, 3.05) is 12.4 Å². The molecular formula is C7H17O2PS2. The molecular weight excluding hydrogens is 211 g/mol. The van der Waals surface area contributed by atoms with Crippen LogP contribution < -0.4 is 0 Å². The monoisotopic (exact) mass is 228 g/mol. The van der Waals surface area contributed by atoms with Gasteiger partial charge in [-0.2, -0.15) is 0 Å². The van der Waals surface area contributed by atoms with Crippen LogP contribution in [0.25, 0.3) is 0 Å². The van der Waals surface area contributed by atoms with E-state index in [0.717, 1.165) is 12.2 Å². The van der Waals surface area contributed by atoms with Crippen LogP contribution >= 0.6 is 29.4 Å². The fraction of sp³-hybridized carbons (Fsp3) is 1.00. The minimum atomic E-state index is -2.62. The van der Waals surface area contributed by atoms with E-state index in [1.165, 1.54) is 24.2 Å². The highest BCUT2D eigenvalue weighted by Gasteiger charge is 2.16. The van der Waals surface area contributed by atoms with Gasteiger partial charge < -0.3 is 4.52 Å². The Bertz CT molecular complexity index is 152. The van der Waals surface area contributed by atoms with Gasteiger partial charge >= 0.3 is 5.77 Å². The smallest absolute Gasteiger partial charge is 0.310 e. The minimum Gasteiger partial charge on any atom is -0.314 e. The Morgan fingerprint density at radius 3 is 2.58 bits per heavy atom. The van der Waals surface area contributed by atoms with Gasteiger partial charge in [0.2, 0.25) is 0 Å². The molecule has 0 rings (SSSR count). The third-order valence-electron chi connectivity index (χ3n) is 1.29. The molecule has 0 aliphatic heterocycles. The normalized spacial score (nSPS) is 15.9. The average molecular weight is 228 g/mol. The van der Waals surface area contributed by atoms with Crippen molar-refractivity contribution in [1.82, 2.24) is 0 Å². The summed E-state index contributed by atoms with van der Waals surface area (Å²) in [5.41, 5.74) is 0. The van der Waals surface area contributed by atoms with E-state index < -0.39 is 5.77 Å². The molecule has 0 N–H and O–H groups in total. The second-order valence-electron chi connectivity index (χ2n) is 2.43. The maximum atomic E-state index is 11.4. The molecule has 0 fully saturated rings. The molecule has 1 atom stereocenters. The first kappa shape index (κ1) is 12.9. The second-order valence-corrected chi connectivity index (χ2v) is 8.90. The van der Waals surface area contributed by atoms with Crippen LogP contribution in [0.3, 0.4) is 0 Å². The minimum absolute atomic E-state index is 0.474. The number of thiol groups is 1. The van der Waals surface area contributed by atoms with Crippen molar-refractivity contribution in [2.45, 2.75) is 33.1 Å². The molecule has 12 heavy (non-hydrogen) atoms. The van der Waals surface area contributed by atoms with Crippen molar-refractivity contribution < 1.29 is 9.09 Å². The van der Waals surface area contributed by atoms with E-state index in [-0.39, 0.29) is 0 Å². The lowest BCUT2D eigenvalue weighted by atomic mass is 10.3. The Balaban J connectivity index is 3.41. The first-order valence-electron chi connectivity index (χ1n) is 4.24. The summed E-state index contributed by atoms with van der Waals surface area (Å²) in [6.07, 6.45) is 3.47. The third kappa shape index (κ3) is 7.53. The highest BCUT2D eigenvalue weighted by Crippen LogP contribution is 2.63. The summed E-state index contributed by atoms with van der Waals surface area (Å²) < 4.78 is 16.4. The highest BCUT2D eigenvalue weighted by molar-refractivity contribution is 8.84. The van der Waals surface area contributed by atoms with Gasteiger partial charge in [-0.3, -0.25) is 4.57 Å². The van der Waals surface area contributed by atoms with Crippen molar-refractivity contribution in [2.24, 2.45) is 0 Å². The molecule has 0 aliphatic rings. The number of hydrogen-bond donors (Lipinski definition) is 1. The first-order chi connectivity index (χ1) is 5.62. The molecule has 0 radical (unpaired) electrons. The number of hydrogen-bond acceptors (Lipinski definition) is 3. The number of unbranched alkanes of at least 4 members (excludes halogenated alkanes) is 2. The molecule has 1 unspecified atom stereocenters. The van der Waals surface area contributed by atoms with Crippen molar-refractivity contribution in [3.63, 3.8) is 0 Å². The predicted octanol–water partition coefficient (Wildman–Crippen LogP) is 3.98. The molecule has 0 saturated heterocycles. The van der Waals surface area contributed by atoms with Crippen molar-refractivity contribution in [3.8, 4) is 0 Å². The molecule has 0 aromatic rings. The topological polar surface area (TPSA) is 26.3 Å². The van der Waals surface area contributed by atoms with Gasteiger partial charge in [0.15, 0.2) is 0 Å². The van der Waals surface area contributed by atoms with Gasteiger partial charge in [0.05, 0.1) is 6.61 Å². The molecule has 0 amide bonds. The van der Waals surface area contributed by atoms with E-state index in [0.29, 0.717) is 6.61 Å². The second kappa shape index (κ2) is 7.31. The van der Waals surface area contributed by atoms with Crippen molar-refractivity contribution >= 4 is 29.4 Å². The van der Waals surface area contributed by atoms with Crippen LogP contribution in [-0.2, 0) is 9.09 Å². The van der Waals surface area contributed by atoms with Gasteiger partial charge in [0.1, 0.15) is 0 Å². The summed E-state index contributed by atoms with van der Waals surface area (Å²) in [5.74, 6) is -1.74. The third-order valence-corrected chi connectivity index (χ3v) is 5.91. The molecule has 0 aliphatic carbocycles. The van der Waals surface area contributed by atoms with Gasteiger partial charge in [0.25, 0.3) is 0 Å². The van der Waals surface area contributed by atoms with Crippen LogP contribution in [0.15, 0.2) is 0 Å². The van der Waals surface area contributed by atoms with Crippen molar-refractivity contribution in [1.29, 1.82) is 0 Å². The van der Waals surface area contributed by atoms with Crippen LogP contribution in [-0.4, -0.2) is 12.4 Å². The van der Waals surface area contributed by atoms with Gasteiger partial charge in [-0.1, -0.05) is 43.4 Å². The summed E-state index contributed by atoms with van der Waals surface area (Å²) in [7, 11) is 0. The molecule has 74 valence electrons. The highest BCUT2D eigenvalue weighted by atomic mass is 33.1. The Hall–Kier alpha value is 0.890. The fourth-order valence-electron chi connectivity index (χ4n) is 0.732. The zero-order chi connectivity index (χ0) is 9.45. The summed E-state index contributed by atoms with van der Waals surface area (Å²) in [6, 6.07) is 0. The molecule has 0 heterocycles. The molecule has 0 bridgehead atoms. The van der Waals surface area contributed by atoms with Crippen LogP contribution in [0.2, 0.25) is 0 Å². The summed E-state index contributed by atoms with van der Waals surface area (Å²) in [5, 5.41) is 0. The Morgan fingerprint density at radius 2 is 2.08 bits per heavy atom.